The molecule has 26 heavy (non-hydrogen) atoms. The van der Waals surface area contributed by atoms with Crippen molar-refractivity contribution in [1.29, 1.82) is 0 Å². The Labute approximate surface area is 152 Å². The fourth-order valence-electron chi connectivity index (χ4n) is 3.47. The Morgan fingerprint density at radius 3 is 2.96 bits per heavy atom. The lowest BCUT2D eigenvalue weighted by molar-refractivity contribution is 0.0639. The number of rotatable bonds is 4. The molecule has 1 aliphatic heterocycles. The molecule has 7 heteroatoms. The lowest BCUT2D eigenvalue weighted by Crippen LogP contribution is -2.40. The predicted molar refractivity (Wildman–Crippen MR) is 97.6 cm³/mol. The van der Waals surface area contributed by atoms with Gasteiger partial charge in [0, 0.05) is 42.9 Å². The molecule has 3 aromatic rings. The standard InChI is InChI=1S/C19H22N6O/c26-19(17-13-24-9-2-1-5-18(24)23-17)25(12-15-10-21-14-22-11-15)16-4-3-7-20-8-6-16/h1-2,5,9-11,13-14,16,20H,3-4,6-8,12H2/t16-/m0/s1. The number of hydrogen-bond acceptors (Lipinski definition) is 5. The summed E-state index contributed by atoms with van der Waals surface area (Å²) in [6, 6.07) is 5.94. The SMILES string of the molecule is O=C(c1cn2ccccc2n1)N(Cc1cncnc1)[C@H]1CCCNCC1. The van der Waals surface area contributed by atoms with Crippen LogP contribution < -0.4 is 5.32 Å². The summed E-state index contributed by atoms with van der Waals surface area (Å²) in [6.07, 6.45) is 11.7. The third kappa shape index (κ3) is 3.57. The highest BCUT2D eigenvalue weighted by atomic mass is 16.2. The largest absolute Gasteiger partial charge is 0.330 e. The molecule has 1 aliphatic rings. The van der Waals surface area contributed by atoms with Crippen LogP contribution in [0.15, 0.2) is 49.3 Å². The first-order chi connectivity index (χ1) is 12.8. The predicted octanol–water partition coefficient (Wildman–Crippen LogP) is 1.91. The molecule has 7 nitrogen and oxygen atoms in total. The topological polar surface area (TPSA) is 75.4 Å². The van der Waals surface area contributed by atoms with Crippen molar-refractivity contribution in [2.45, 2.75) is 31.8 Å². The van der Waals surface area contributed by atoms with Crippen LogP contribution in [0.3, 0.4) is 0 Å². The third-order valence-electron chi connectivity index (χ3n) is 4.80. The highest BCUT2D eigenvalue weighted by Crippen LogP contribution is 2.19. The van der Waals surface area contributed by atoms with Gasteiger partial charge in [0.25, 0.3) is 5.91 Å². The van der Waals surface area contributed by atoms with E-state index in [-0.39, 0.29) is 11.9 Å². The minimum atomic E-state index is -0.0375. The second-order valence-electron chi connectivity index (χ2n) is 6.61. The van der Waals surface area contributed by atoms with Crippen LogP contribution in [0, 0.1) is 0 Å². The first-order valence-electron chi connectivity index (χ1n) is 9.00. The van der Waals surface area contributed by atoms with Crippen LogP contribution in [0.4, 0.5) is 0 Å². The molecule has 1 amide bonds. The molecule has 0 aromatic carbocycles. The van der Waals surface area contributed by atoms with E-state index < -0.39 is 0 Å². The van der Waals surface area contributed by atoms with E-state index in [1.54, 1.807) is 18.6 Å². The van der Waals surface area contributed by atoms with Crippen molar-refractivity contribution < 1.29 is 4.79 Å². The molecule has 1 N–H and O–H groups in total. The van der Waals surface area contributed by atoms with E-state index in [0.29, 0.717) is 12.2 Å². The molecule has 3 aromatic heterocycles. The van der Waals surface area contributed by atoms with Crippen molar-refractivity contribution in [3.8, 4) is 0 Å². The fraction of sp³-hybridized carbons (Fsp3) is 0.368. The molecule has 1 fully saturated rings. The molecule has 0 spiro atoms. The summed E-state index contributed by atoms with van der Waals surface area (Å²) in [7, 11) is 0. The molecule has 134 valence electrons. The maximum absolute atomic E-state index is 13.3. The van der Waals surface area contributed by atoms with Crippen LogP contribution >= 0.6 is 0 Å². The van der Waals surface area contributed by atoms with Gasteiger partial charge in [0.15, 0.2) is 0 Å². The first kappa shape index (κ1) is 16.7. The molecule has 0 bridgehead atoms. The summed E-state index contributed by atoms with van der Waals surface area (Å²) in [6.45, 7) is 2.42. The van der Waals surface area contributed by atoms with E-state index in [4.69, 9.17) is 0 Å². The molecule has 0 saturated carbocycles. The highest BCUT2D eigenvalue weighted by Gasteiger charge is 2.27. The van der Waals surface area contributed by atoms with E-state index in [0.717, 1.165) is 43.6 Å². The second kappa shape index (κ2) is 7.61. The summed E-state index contributed by atoms with van der Waals surface area (Å²) < 4.78 is 1.88. The van der Waals surface area contributed by atoms with Crippen LogP contribution in [-0.4, -0.2) is 49.3 Å². The fourth-order valence-corrected chi connectivity index (χ4v) is 3.47. The van der Waals surface area contributed by atoms with E-state index in [1.807, 2.05) is 33.7 Å². The molecule has 1 saturated heterocycles. The number of pyridine rings is 1. The molecule has 1 atom stereocenters. The maximum Gasteiger partial charge on any atom is 0.274 e. The molecule has 4 rings (SSSR count). The summed E-state index contributed by atoms with van der Waals surface area (Å²) in [5.41, 5.74) is 2.19. The zero-order valence-corrected chi connectivity index (χ0v) is 14.6. The van der Waals surface area contributed by atoms with Crippen molar-refractivity contribution in [3.63, 3.8) is 0 Å². The van der Waals surface area contributed by atoms with E-state index in [2.05, 4.69) is 20.3 Å². The lowest BCUT2D eigenvalue weighted by atomic mass is 10.1. The van der Waals surface area contributed by atoms with Gasteiger partial charge in [-0.1, -0.05) is 6.07 Å². The average molecular weight is 350 g/mol. The Bertz CT molecular complexity index is 837. The lowest BCUT2D eigenvalue weighted by Gasteiger charge is -2.30. The number of imidazole rings is 1. The Balaban J connectivity index is 1.64. The van der Waals surface area contributed by atoms with Crippen molar-refractivity contribution in [3.05, 3.63) is 60.6 Å². The van der Waals surface area contributed by atoms with Crippen molar-refractivity contribution in [2.75, 3.05) is 13.1 Å². The van der Waals surface area contributed by atoms with Crippen LogP contribution in [0.2, 0.25) is 0 Å². The van der Waals surface area contributed by atoms with Gasteiger partial charge in [0.1, 0.15) is 17.7 Å². The van der Waals surface area contributed by atoms with E-state index in [9.17, 15) is 4.79 Å². The summed E-state index contributed by atoms with van der Waals surface area (Å²) in [4.78, 5) is 27.9. The molecular formula is C19H22N6O. The molecule has 4 heterocycles. The molecule has 0 unspecified atom stereocenters. The smallest absolute Gasteiger partial charge is 0.274 e. The number of aromatic nitrogens is 4. The number of fused-ring (bicyclic) bond motifs is 1. The van der Waals surface area contributed by atoms with Crippen molar-refractivity contribution >= 4 is 11.6 Å². The normalized spacial score (nSPS) is 17.8. The number of carbonyl (C=O) groups is 1. The molecular weight excluding hydrogens is 328 g/mol. The van der Waals surface area contributed by atoms with Crippen LogP contribution in [0.1, 0.15) is 35.3 Å². The van der Waals surface area contributed by atoms with Gasteiger partial charge in [-0.3, -0.25) is 4.79 Å². The first-order valence-corrected chi connectivity index (χ1v) is 9.00. The minimum absolute atomic E-state index is 0.0375. The van der Waals surface area contributed by atoms with Crippen molar-refractivity contribution in [2.24, 2.45) is 0 Å². The van der Waals surface area contributed by atoms with Crippen LogP contribution in [0.25, 0.3) is 5.65 Å². The number of amides is 1. The van der Waals surface area contributed by atoms with Gasteiger partial charge in [-0.15, -0.1) is 0 Å². The van der Waals surface area contributed by atoms with Crippen molar-refractivity contribution in [1.82, 2.24) is 29.6 Å². The molecule has 0 radical (unpaired) electrons. The maximum atomic E-state index is 13.3. The van der Waals surface area contributed by atoms with Gasteiger partial charge in [-0.25, -0.2) is 15.0 Å². The third-order valence-corrected chi connectivity index (χ3v) is 4.80. The van der Waals surface area contributed by atoms with E-state index >= 15 is 0 Å². The number of carbonyl (C=O) groups excluding carboxylic acids is 1. The Morgan fingerprint density at radius 1 is 1.23 bits per heavy atom. The summed E-state index contributed by atoms with van der Waals surface area (Å²) >= 11 is 0. The second-order valence-corrected chi connectivity index (χ2v) is 6.61. The van der Waals surface area contributed by atoms with Crippen LogP contribution in [0.5, 0.6) is 0 Å². The zero-order chi connectivity index (χ0) is 17.8. The number of nitrogens with zero attached hydrogens (tertiary/aromatic N) is 5. The Morgan fingerprint density at radius 2 is 2.12 bits per heavy atom. The summed E-state index contributed by atoms with van der Waals surface area (Å²) in [5.74, 6) is -0.0375. The zero-order valence-electron chi connectivity index (χ0n) is 14.6. The van der Waals surface area contributed by atoms with Gasteiger partial charge in [-0.05, 0) is 44.5 Å². The van der Waals surface area contributed by atoms with Gasteiger partial charge in [0.05, 0.1) is 0 Å². The Kier molecular flexibility index (Phi) is 4.88. The van der Waals surface area contributed by atoms with Gasteiger partial charge >= 0.3 is 0 Å². The van der Waals surface area contributed by atoms with E-state index in [1.165, 1.54) is 6.33 Å². The van der Waals surface area contributed by atoms with Crippen LogP contribution in [-0.2, 0) is 6.54 Å². The monoisotopic (exact) mass is 350 g/mol. The van der Waals surface area contributed by atoms with Gasteiger partial charge < -0.3 is 14.6 Å². The molecule has 0 aliphatic carbocycles. The summed E-state index contributed by atoms with van der Waals surface area (Å²) in [5, 5.41) is 3.41. The minimum Gasteiger partial charge on any atom is -0.330 e. The average Bonchev–Trinajstić information content (AvgIpc) is 2.94. The quantitative estimate of drug-likeness (QED) is 0.778. The number of hydrogen-bond donors (Lipinski definition) is 1. The highest BCUT2D eigenvalue weighted by molar-refractivity contribution is 5.93. The Hall–Kier alpha value is -2.80. The van der Waals surface area contributed by atoms with Gasteiger partial charge in [-0.2, -0.15) is 0 Å². The van der Waals surface area contributed by atoms with Gasteiger partial charge in [0.2, 0.25) is 0 Å². The number of nitrogens with one attached hydrogen (secondary N) is 1.